The molecule has 0 aliphatic carbocycles. The minimum Gasteiger partial charge on any atom is -0.506 e. The molecule has 0 atom stereocenters. The zero-order valence-corrected chi connectivity index (χ0v) is 14.4. The first kappa shape index (κ1) is 17.8. The summed E-state index contributed by atoms with van der Waals surface area (Å²) >= 11 is 0. The number of benzene rings is 2. The normalized spacial score (nSPS) is 11.7. The van der Waals surface area contributed by atoms with E-state index in [4.69, 9.17) is 0 Å². The standard InChI is InChI=1S/C15H16N2O5S2/c1-3-11-4-7-13(8-5-11)24(21,22)16-12-6-9-15(18)14(10-12)17-23(2,19)20/h3-10,16-18H,1H2,2H3. The van der Waals surface area contributed by atoms with Crippen molar-refractivity contribution in [3.8, 4) is 5.75 Å². The van der Waals surface area contributed by atoms with Gasteiger partial charge < -0.3 is 5.11 Å². The van der Waals surface area contributed by atoms with Crippen molar-refractivity contribution in [3.63, 3.8) is 0 Å². The van der Waals surface area contributed by atoms with E-state index in [1.165, 1.54) is 30.3 Å². The molecule has 24 heavy (non-hydrogen) atoms. The van der Waals surface area contributed by atoms with Crippen molar-refractivity contribution in [1.82, 2.24) is 0 Å². The third kappa shape index (κ3) is 4.49. The van der Waals surface area contributed by atoms with E-state index >= 15 is 0 Å². The van der Waals surface area contributed by atoms with Gasteiger partial charge in [-0.05, 0) is 35.9 Å². The van der Waals surface area contributed by atoms with E-state index in [1.54, 1.807) is 18.2 Å². The van der Waals surface area contributed by atoms with Crippen LogP contribution >= 0.6 is 0 Å². The van der Waals surface area contributed by atoms with Crippen molar-refractivity contribution >= 4 is 37.5 Å². The predicted octanol–water partition coefficient (Wildman–Crippen LogP) is 2.21. The maximum atomic E-state index is 12.3. The fourth-order valence-corrected chi connectivity index (χ4v) is 3.49. The number of anilines is 2. The molecule has 0 saturated carbocycles. The van der Waals surface area contributed by atoms with Crippen LogP contribution in [0.3, 0.4) is 0 Å². The van der Waals surface area contributed by atoms with Gasteiger partial charge in [0.15, 0.2) is 0 Å². The number of sulfonamides is 2. The maximum Gasteiger partial charge on any atom is 0.261 e. The van der Waals surface area contributed by atoms with Gasteiger partial charge in [-0.15, -0.1) is 0 Å². The summed E-state index contributed by atoms with van der Waals surface area (Å²) in [6.45, 7) is 3.59. The van der Waals surface area contributed by atoms with Crippen LogP contribution in [0.25, 0.3) is 6.08 Å². The Bertz CT molecular complexity index is 965. The number of nitrogens with one attached hydrogen (secondary N) is 2. The van der Waals surface area contributed by atoms with Gasteiger partial charge in [0.2, 0.25) is 10.0 Å². The predicted molar refractivity (Wildman–Crippen MR) is 93.9 cm³/mol. The molecule has 0 amide bonds. The van der Waals surface area contributed by atoms with Crippen molar-refractivity contribution < 1.29 is 21.9 Å². The van der Waals surface area contributed by atoms with Crippen LogP contribution in [0.4, 0.5) is 11.4 Å². The summed E-state index contributed by atoms with van der Waals surface area (Å²) in [5, 5.41) is 9.66. The molecule has 128 valence electrons. The molecule has 0 spiro atoms. The van der Waals surface area contributed by atoms with Crippen LogP contribution in [-0.4, -0.2) is 28.2 Å². The van der Waals surface area contributed by atoms with Crippen molar-refractivity contribution in [2.24, 2.45) is 0 Å². The van der Waals surface area contributed by atoms with E-state index in [0.717, 1.165) is 11.8 Å². The number of aromatic hydroxyl groups is 1. The highest BCUT2D eigenvalue weighted by molar-refractivity contribution is 7.92. The van der Waals surface area contributed by atoms with Crippen LogP contribution in [0, 0.1) is 0 Å². The summed E-state index contributed by atoms with van der Waals surface area (Å²) < 4.78 is 51.6. The molecule has 0 bridgehead atoms. The molecule has 0 aromatic heterocycles. The Kier molecular flexibility index (Phi) is 4.86. The summed E-state index contributed by atoms with van der Waals surface area (Å²) in [6, 6.07) is 9.76. The van der Waals surface area contributed by atoms with Crippen LogP contribution in [0.5, 0.6) is 5.75 Å². The summed E-state index contributed by atoms with van der Waals surface area (Å²) in [7, 11) is -7.47. The molecule has 2 aromatic carbocycles. The lowest BCUT2D eigenvalue weighted by Gasteiger charge is -2.11. The molecule has 2 aromatic rings. The molecule has 0 unspecified atom stereocenters. The minimum absolute atomic E-state index is 0.0406. The van der Waals surface area contributed by atoms with Gasteiger partial charge in [-0.2, -0.15) is 0 Å². The molecule has 0 radical (unpaired) electrons. The zero-order chi connectivity index (χ0) is 18.0. The van der Waals surface area contributed by atoms with Crippen molar-refractivity contribution in [2.45, 2.75) is 4.90 Å². The van der Waals surface area contributed by atoms with Gasteiger partial charge in [0.05, 0.1) is 22.5 Å². The lowest BCUT2D eigenvalue weighted by atomic mass is 10.2. The van der Waals surface area contributed by atoms with E-state index in [1.807, 2.05) is 0 Å². The molecule has 2 rings (SSSR count). The summed E-state index contributed by atoms with van der Waals surface area (Å²) in [5.41, 5.74) is 0.754. The van der Waals surface area contributed by atoms with Crippen LogP contribution in [0.15, 0.2) is 53.9 Å². The van der Waals surface area contributed by atoms with Crippen LogP contribution in [-0.2, 0) is 20.0 Å². The highest BCUT2D eigenvalue weighted by Gasteiger charge is 2.15. The Hall–Kier alpha value is -2.52. The van der Waals surface area contributed by atoms with Gasteiger partial charge in [0.25, 0.3) is 10.0 Å². The third-order valence-electron chi connectivity index (χ3n) is 2.97. The van der Waals surface area contributed by atoms with Crippen molar-refractivity contribution in [1.29, 1.82) is 0 Å². The molecule has 0 saturated heterocycles. The highest BCUT2D eigenvalue weighted by Crippen LogP contribution is 2.28. The third-order valence-corrected chi connectivity index (χ3v) is 4.96. The van der Waals surface area contributed by atoms with Gasteiger partial charge >= 0.3 is 0 Å². The number of phenols is 1. The van der Waals surface area contributed by atoms with Crippen LogP contribution < -0.4 is 9.44 Å². The quantitative estimate of drug-likeness (QED) is 0.534. The molecular weight excluding hydrogens is 352 g/mol. The first-order valence-corrected chi connectivity index (χ1v) is 10.0. The van der Waals surface area contributed by atoms with E-state index in [-0.39, 0.29) is 22.0 Å². The first-order valence-electron chi connectivity index (χ1n) is 6.67. The zero-order valence-electron chi connectivity index (χ0n) is 12.7. The van der Waals surface area contributed by atoms with Crippen molar-refractivity contribution in [2.75, 3.05) is 15.7 Å². The molecule has 9 heteroatoms. The summed E-state index contributed by atoms with van der Waals surface area (Å²) in [6.07, 6.45) is 2.51. The molecule has 0 fully saturated rings. The molecular formula is C15H16N2O5S2. The molecule has 3 N–H and O–H groups in total. The maximum absolute atomic E-state index is 12.3. The van der Waals surface area contributed by atoms with Gasteiger partial charge in [-0.1, -0.05) is 24.8 Å². The minimum atomic E-state index is -3.85. The Morgan fingerprint density at radius 1 is 1.00 bits per heavy atom. The van der Waals surface area contributed by atoms with E-state index < -0.39 is 20.0 Å². The van der Waals surface area contributed by atoms with Crippen molar-refractivity contribution in [3.05, 3.63) is 54.6 Å². The van der Waals surface area contributed by atoms with Gasteiger partial charge in [0.1, 0.15) is 5.75 Å². The second kappa shape index (κ2) is 6.54. The first-order chi connectivity index (χ1) is 11.1. The Morgan fingerprint density at radius 2 is 1.62 bits per heavy atom. The molecule has 7 nitrogen and oxygen atoms in total. The number of phenolic OH excluding ortho intramolecular Hbond substituents is 1. The second-order valence-corrected chi connectivity index (χ2v) is 8.42. The topological polar surface area (TPSA) is 113 Å². The SMILES string of the molecule is C=Cc1ccc(S(=O)(=O)Nc2ccc(O)c(NS(C)(=O)=O)c2)cc1. The van der Waals surface area contributed by atoms with Crippen LogP contribution in [0.2, 0.25) is 0 Å². The number of rotatable bonds is 6. The smallest absolute Gasteiger partial charge is 0.261 e. The van der Waals surface area contributed by atoms with Gasteiger partial charge in [0, 0.05) is 0 Å². The average molecular weight is 368 g/mol. The summed E-state index contributed by atoms with van der Waals surface area (Å²) in [5.74, 6) is -0.321. The molecule has 0 heterocycles. The molecule has 0 aliphatic rings. The number of hydrogen-bond donors (Lipinski definition) is 3. The lowest BCUT2D eigenvalue weighted by Crippen LogP contribution is -2.14. The Labute approximate surface area is 140 Å². The van der Waals surface area contributed by atoms with E-state index in [0.29, 0.717) is 0 Å². The fraction of sp³-hybridized carbons (Fsp3) is 0.0667. The van der Waals surface area contributed by atoms with E-state index in [2.05, 4.69) is 16.0 Å². The lowest BCUT2D eigenvalue weighted by molar-refractivity contribution is 0.477. The fourth-order valence-electron chi connectivity index (χ4n) is 1.88. The molecule has 0 aliphatic heterocycles. The van der Waals surface area contributed by atoms with Gasteiger partial charge in [-0.25, -0.2) is 16.8 Å². The average Bonchev–Trinajstić information content (AvgIpc) is 2.49. The number of hydrogen-bond acceptors (Lipinski definition) is 5. The van der Waals surface area contributed by atoms with Gasteiger partial charge in [-0.3, -0.25) is 9.44 Å². The second-order valence-electron chi connectivity index (χ2n) is 4.98. The highest BCUT2D eigenvalue weighted by atomic mass is 32.2. The monoisotopic (exact) mass is 368 g/mol. The van der Waals surface area contributed by atoms with E-state index in [9.17, 15) is 21.9 Å². The largest absolute Gasteiger partial charge is 0.506 e. The van der Waals surface area contributed by atoms with Crippen LogP contribution in [0.1, 0.15) is 5.56 Å². The Morgan fingerprint density at radius 3 is 2.17 bits per heavy atom. The summed E-state index contributed by atoms with van der Waals surface area (Å²) in [4.78, 5) is 0.0406. The Balaban J connectivity index is 2.32.